The number of aryl methyl sites for hydroxylation is 2. The van der Waals surface area contributed by atoms with Gasteiger partial charge in [0.25, 0.3) is 0 Å². The molecule has 0 aliphatic heterocycles. The van der Waals surface area contributed by atoms with Crippen LogP contribution in [-0.2, 0) is 0 Å². The zero-order valence-electron chi connectivity index (χ0n) is 9.46. The number of rotatable bonds is 2. The zero-order valence-corrected chi connectivity index (χ0v) is 11.0. The first-order valence-electron chi connectivity index (χ1n) is 5.09. The van der Waals surface area contributed by atoms with Gasteiger partial charge < -0.3 is 5.32 Å². The van der Waals surface area contributed by atoms with Crippen molar-refractivity contribution < 1.29 is 0 Å². The van der Waals surface area contributed by atoms with Gasteiger partial charge in [-0.05, 0) is 38.1 Å². The summed E-state index contributed by atoms with van der Waals surface area (Å²) < 4.78 is 0. The molecule has 88 valence electrons. The molecule has 1 aromatic carbocycles. The van der Waals surface area contributed by atoms with Gasteiger partial charge >= 0.3 is 0 Å². The minimum absolute atomic E-state index is 0.364. The van der Waals surface area contributed by atoms with Crippen molar-refractivity contribution in [2.45, 2.75) is 13.8 Å². The fourth-order valence-electron chi connectivity index (χ4n) is 1.33. The summed E-state index contributed by atoms with van der Waals surface area (Å²) in [6.07, 6.45) is 0. The normalized spacial score (nSPS) is 10.4. The smallest absolute Gasteiger partial charge is 0.172 e. The number of hydrogen-bond donors (Lipinski definition) is 1. The lowest BCUT2D eigenvalue weighted by Crippen LogP contribution is -2.00. The highest BCUT2D eigenvalue weighted by atomic mass is 35.5. The molecule has 1 N–H and O–H groups in total. The largest absolute Gasteiger partial charge is 0.338 e. The second-order valence-electron chi connectivity index (χ2n) is 3.67. The molecule has 0 aliphatic carbocycles. The van der Waals surface area contributed by atoms with Gasteiger partial charge in [-0.3, -0.25) is 0 Å². The first-order valence-corrected chi connectivity index (χ1v) is 5.85. The van der Waals surface area contributed by atoms with Gasteiger partial charge in [0.15, 0.2) is 11.0 Å². The fraction of sp³-hybridized carbons (Fsp3) is 0.167. The van der Waals surface area contributed by atoms with E-state index in [2.05, 4.69) is 15.3 Å². The highest BCUT2D eigenvalue weighted by Crippen LogP contribution is 2.23. The molecule has 0 saturated carbocycles. The molecule has 0 fully saturated rings. The van der Waals surface area contributed by atoms with Gasteiger partial charge in [-0.15, -0.1) is 0 Å². The van der Waals surface area contributed by atoms with Gasteiger partial charge in [0.1, 0.15) is 0 Å². The summed E-state index contributed by atoms with van der Waals surface area (Å²) in [6, 6.07) is 7.31. The van der Waals surface area contributed by atoms with Crippen molar-refractivity contribution in [3.8, 4) is 0 Å². The number of benzene rings is 1. The molecule has 0 atom stereocenters. The first kappa shape index (κ1) is 12.1. The lowest BCUT2D eigenvalue weighted by molar-refractivity contribution is 1.05. The number of halogens is 2. The third kappa shape index (κ3) is 2.87. The average Bonchev–Trinajstić information content (AvgIpc) is 2.29. The lowest BCUT2D eigenvalue weighted by atomic mass is 10.3. The van der Waals surface area contributed by atoms with E-state index in [1.54, 1.807) is 12.1 Å². The SMILES string of the molecule is Cc1nc(Cl)c(Nc2ccc(Cl)cc2)nc1C. The van der Waals surface area contributed by atoms with E-state index >= 15 is 0 Å². The Morgan fingerprint density at radius 2 is 1.53 bits per heavy atom. The molecular formula is C12H11Cl2N3. The number of anilines is 2. The Morgan fingerprint density at radius 3 is 2.18 bits per heavy atom. The fourth-order valence-corrected chi connectivity index (χ4v) is 1.67. The predicted octanol–water partition coefficient (Wildman–Crippen LogP) is 4.14. The summed E-state index contributed by atoms with van der Waals surface area (Å²) in [6.45, 7) is 3.77. The van der Waals surface area contributed by atoms with E-state index in [1.807, 2.05) is 26.0 Å². The Hall–Kier alpha value is -1.32. The molecule has 17 heavy (non-hydrogen) atoms. The van der Waals surface area contributed by atoms with E-state index in [-0.39, 0.29) is 0 Å². The average molecular weight is 268 g/mol. The molecule has 0 spiro atoms. The molecule has 0 unspecified atom stereocenters. The van der Waals surface area contributed by atoms with Crippen LogP contribution in [0.25, 0.3) is 0 Å². The maximum absolute atomic E-state index is 6.02. The Morgan fingerprint density at radius 1 is 0.941 bits per heavy atom. The van der Waals surface area contributed by atoms with Gasteiger partial charge in [0.2, 0.25) is 0 Å². The maximum Gasteiger partial charge on any atom is 0.172 e. The third-order valence-corrected chi connectivity index (χ3v) is 2.89. The van der Waals surface area contributed by atoms with Crippen molar-refractivity contribution in [1.82, 2.24) is 9.97 Å². The van der Waals surface area contributed by atoms with Crippen molar-refractivity contribution in [2.24, 2.45) is 0 Å². The summed E-state index contributed by atoms with van der Waals surface area (Å²) in [5, 5.41) is 4.15. The van der Waals surface area contributed by atoms with Gasteiger partial charge in [-0.25, -0.2) is 9.97 Å². The quantitative estimate of drug-likeness (QED) is 0.889. The van der Waals surface area contributed by atoms with Crippen LogP contribution in [0, 0.1) is 13.8 Å². The number of nitrogens with one attached hydrogen (secondary N) is 1. The molecule has 2 aromatic rings. The summed E-state index contributed by atoms with van der Waals surface area (Å²) in [5.41, 5.74) is 2.55. The van der Waals surface area contributed by atoms with E-state index in [0.717, 1.165) is 17.1 Å². The third-order valence-electron chi connectivity index (χ3n) is 2.37. The Balaban J connectivity index is 2.30. The van der Waals surface area contributed by atoms with Gasteiger partial charge in [0.05, 0.1) is 11.4 Å². The van der Waals surface area contributed by atoms with Crippen molar-refractivity contribution in [1.29, 1.82) is 0 Å². The maximum atomic E-state index is 6.02. The van der Waals surface area contributed by atoms with Crippen LogP contribution in [0.3, 0.4) is 0 Å². The summed E-state index contributed by atoms with van der Waals surface area (Å²) in [4.78, 5) is 8.55. The molecule has 0 aliphatic rings. The summed E-state index contributed by atoms with van der Waals surface area (Å²) >= 11 is 11.8. The van der Waals surface area contributed by atoms with Crippen LogP contribution in [0.2, 0.25) is 10.2 Å². The molecule has 0 radical (unpaired) electrons. The van der Waals surface area contributed by atoms with Crippen LogP contribution < -0.4 is 5.32 Å². The molecular weight excluding hydrogens is 257 g/mol. The Kier molecular flexibility index (Phi) is 3.50. The second-order valence-corrected chi connectivity index (χ2v) is 4.46. The van der Waals surface area contributed by atoms with E-state index in [0.29, 0.717) is 16.0 Å². The van der Waals surface area contributed by atoms with Crippen LogP contribution in [-0.4, -0.2) is 9.97 Å². The van der Waals surface area contributed by atoms with Crippen LogP contribution in [0.4, 0.5) is 11.5 Å². The molecule has 0 amide bonds. The van der Waals surface area contributed by atoms with Crippen molar-refractivity contribution in [3.63, 3.8) is 0 Å². The van der Waals surface area contributed by atoms with Gasteiger partial charge in [-0.2, -0.15) is 0 Å². The Labute approximate surface area is 110 Å². The zero-order chi connectivity index (χ0) is 12.4. The van der Waals surface area contributed by atoms with E-state index < -0.39 is 0 Å². The molecule has 1 heterocycles. The van der Waals surface area contributed by atoms with Gasteiger partial charge in [-0.1, -0.05) is 23.2 Å². The van der Waals surface area contributed by atoms with E-state index in [9.17, 15) is 0 Å². The Bertz CT molecular complexity index is 538. The van der Waals surface area contributed by atoms with Crippen molar-refractivity contribution >= 4 is 34.7 Å². The molecule has 5 heteroatoms. The van der Waals surface area contributed by atoms with Crippen molar-refractivity contribution in [2.75, 3.05) is 5.32 Å². The van der Waals surface area contributed by atoms with E-state index in [1.165, 1.54) is 0 Å². The molecule has 1 aromatic heterocycles. The summed E-state index contributed by atoms with van der Waals surface area (Å²) in [5.74, 6) is 0.553. The molecule has 0 saturated heterocycles. The predicted molar refractivity (Wildman–Crippen MR) is 71.3 cm³/mol. The summed E-state index contributed by atoms with van der Waals surface area (Å²) in [7, 11) is 0. The minimum Gasteiger partial charge on any atom is -0.338 e. The highest BCUT2D eigenvalue weighted by molar-refractivity contribution is 6.32. The van der Waals surface area contributed by atoms with Crippen molar-refractivity contribution in [3.05, 3.63) is 45.8 Å². The monoisotopic (exact) mass is 267 g/mol. The minimum atomic E-state index is 0.364. The highest BCUT2D eigenvalue weighted by Gasteiger charge is 2.07. The van der Waals surface area contributed by atoms with Gasteiger partial charge in [0, 0.05) is 10.7 Å². The molecule has 0 bridgehead atoms. The number of aromatic nitrogens is 2. The van der Waals surface area contributed by atoms with Crippen LogP contribution in [0.1, 0.15) is 11.4 Å². The van der Waals surface area contributed by atoms with Crippen LogP contribution >= 0.6 is 23.2 Å². The van der Waals surface area contributed by atoms with E-state index in [4.69, 9.17) is 23.2 Å². The van der Waals surface area contributed by atoms with Crippen LogP contribution in [0.5, 0.6) is 0 Å². The number of nitrogens with zero attached hydrogens (tertiary/aromatic N) is 2. The van der Waals surface area contributed by atoms with Crippen LogP contribution in [0.15, 0.2) is 24.3 Å². The molecule has 3 nitrogen and oxygen atoms in total. The second kappa shape index (κ2) is 4.90. The standard InChI is InChI=1S/C12H11Cl2N3/c1-7-8(2)16-12(11(14)15-7)17-10-5-3-9(13)4-6-10/h3-6H,1-2H3,(H,16,17). The topological polar surface area (TPSA) is 37.8 Å². The molecule has 2 rings (SSSR count). The lowest BCUT2D eigenvalue weighted by Gasteiger charge is -2.09. The first-order chi connectivity index (χ1) is 8.06. The number of hydrogen-bond acceptors (Lipinski definition) is 3.